The Balaban J connectivity index is 1.97. The van der Waals surface area contributed by atoms with Crippen molar-refractivity contribution in [2.45, 2.75) is 19.8 Å². The minimum absolute atomic E-state index is 0.0289. The second-order valence-electron chi connectivity index (χ2n) is 4.97. The van der Waals surface area contributed by atoms with Crippen molar-refractivity contribution in [3.8, 4) is 0 Å². The van der Waals surface area contributed by atoms with Crippen LogP contribution < -0.4 is 10.6 Å². The largest absolute Gasteiger partial charge is 0.350 e. The highest BCUT2D eigenvalue weighted by Crippen LogP contribution is 2.13. The molecule has 0 atom stereocenters. The van der Waals surface area contributed by atoms with Gasteiger partial charge in [-0.25, -0.2) is 0 Å². The maximum absolute atomic E-state index is 12.0. The van der Waals surface area contributed by atoms with E-state index in [0.717, 1.165) is 25.3 Å². The summed E-state index contributed by atoms with van der Waals surface area (Å²) in [7, 11) is 1.81. The van der Waals surface area contributed by atoms with Gasteiger partial charge in [-0.15, -0.1) is 0 Å². The summed E-state index contributed by atoms with van der Waals surface area (Å²) in [6.45, 7) is 6.90. The van der Waals surface area contributed by atoms with Crippen LogP contribution in [0.25, 0.3) is 0 Å². The van der Waals surface area contributed by atoms with Gasteiger partial charge in [0, 0.05) is 32.6 Å². The Kier molecular flexibility index (Phi) is 3.47. The third-order valence-corrected chi connectivity index (χ3v) is 3.14. The molecule has 2 N–H and O–H groups in total. The van der Waals surface area contributed by atoms with Crippen molar-refractivity contribution in [3.63, 3.8) is 0 Å². The second kappa shape index (κ2) is 4.87. The standard InChI is InChI=1S/C12H20N4O/c1-8(2)10-4-11(16(3)15-10)12(17)14-7-9-5-13-6-9/h4,8-9,13H,5-7H2,1-3H3,(H,14,17). The van der Waals surface area contributed by atoms with E-state index in [2.05, 4.69) is 29.6 Å². The molecule has 0 unspecified atom stereocenters. The minimum Gasteiger partial charge on any atom is -0.350 e. The summed E-state index contributed by atoms with van der Waals surface area (Å²) in [6, 6.07) is 1.87. The molecule has 1 aliphatic heterocycles. The Labute approximate surface area is 102 Å². The van der Waals surface area contributed by atoms with E-state index in [1.54, 1.807) is 4.68 Å². The molecule has 2 rings (SSSR count). The van der Waals surface area contributed by atoms with Crippen molar-refractivity contribution in [2.24, 2.45) is 13.0 Å². The number of hydrogen-bond donors (Lipinski definition) is 2. The van der Waals surface area contributed by atoms with Crippen LogP contribution in [0.15, 0.2) is 6.07 Å². The molecule has 1 amide bonds. The van der Waals surface area contributed by atoms with Crippen LogP contribution in [0.5, 0.6) is 0 Å². The zero-order valence-corrected chi connectivity index (χ0v) is 10.7. The van der Waals surface area contributed by atoms with Crippen molar-refractivity contribution in [2.75, 3.05) is 19.6 Å². The molecule has 1 aromatic heterocycles. The lowest BCUT2D eigenvalue weighted by Gasteiger charge is -2.26. The van der Waals surface area contributed by atoms with E-state index in [1.807, 2.05) is 13.1 Å². The first-order chi connectivity index (χ1) is 8.08. The van der Waals surface area contributed by atoms with Crippen LogP contribution in [0.2, 0.25) is 0 Å². The normalized spacial score (nSPS) is 16.0. The van der Waals surface area contributed by atoms with Gasteiger partial charge >= 0.3 is 0 Å². The van der Waals surface area contributed by atoms with Crippen molar-refractivity contribution in [3.05, 3.63) is 17.5 Å². The summed E-state index contributed by atoms with van der Waals surface area (Å²) in [4.78, 5) is 12.0. The van der Waals surface area contributed by atoms with E-state index in [4.69, 9.17) is 0 Å². The third-order valence-electron chi connectivity index (χ3n) is 3.14. The molecule has 1 saturated heterocycles. The summed E-state index contributed by atoms with van der Waals surface area (Å²) < 4.78 is 1.66. The van der Waals surface area contributed by atoms with Crippen molar-refractivity contribution >= 4 is 5.91 Å². The molecular formula is C12H20N4O. The zero-order valence-electron chi connectivity index (χ0n) is 10.7. The molecule has 1 aromatic rings. The third kappa shape index (κ3) is 2.66. The number of carbonyl (C=O) groups excluding carboxylic acids is 1. The maximum Gasteiger partial charge on any atom is 0.269 e. The second-order valence-corrected chi connectivity index (χ2v) is 4.97. The molecular weight excluding hydrogens is 216 g/mol. The van der Waals surface area contributed by atoms with Crippen LogP contribution in [-0.2, 0) is 7.05 Å². The first-order valence-electron chi connectivity index (χ1n) is 6.10. The number of amides is 1. The first-order valence-corrected chi connectivity index (χ1v) is 6.10. The number of rotatable bonds is 4. The smallest absolute Gasteiger partial charge is 0.269 e. The highest BCUT2D eigenvalue weighted by atomic mass is 16.2. The first kappa shape index (κ1) is 12.1. The van der Waals surface area contributed by atoms with E-state index < -0.39 is 0 Å². The molecule has 0 saturated carbocycles. The summed E-state index contributed by atoms with van der Waals surface area (Å²) in [5.41, 5.74) is 1.60. The average Bonchev–Trinajstić information content (AvgIpc) is 2.58. The molecule has 17 heavy (non-hydrogen) atoms. The molecule has 5 nitrogen and oxygen atoms in total. The number of carbonyl (C=O) groups is 1. The Morgan fingerprint density at radius 2 is 2.35 bits per heavy atom. The number of nitrogens with one attached hydrogen (secondary N) is 2. The number of hydrogen-bond acceptors (Lipinski definition) is 3. The van der Waals surface area contributed by atoms with Crippen molar-refractivity contribution in [1.82, 2.24) is 20.4 Å². The lowest BCUT2D eigenvalue weighted by atomic mass is 10.0. The van der Waals surface area contributed by atoms with Gasteiger partial charge in [-0.05, 0) is 12.0 Å². The molecule has 0 bridgehead atoms. The lowest BCUT2D eigenvalue weighted by Crippen LogP contribution is -2.48. The quantitative estimate of drug-likeness (QED) is 0.800. The number of aromatic nitrogens is 2. The van der Waals surface area contributed by atoms with Crippen LogP contribution >= 0.6 is 0 Å². The Morgan fingerprint density at radius 3 is 2.82 bits per heavy atom. The van der Waals surface area contributed by atoms with Crippen LogP contribution in [0, 0.1) is 5.92 Å². The molecule has 2 heterocycles. The van der Waals surface area contributed by atoms with E-state index in [9.17, 15) is 4.79 Å². The van der Waals surface area contributed by atoms with Gasteiger partial charge in [-0.1, -0.05) is 13.8 Å². The van der Waals surface area contributed by atoms with Crippen molar-refractivity contribution < 1.29 is 4.79 Å². The summed E-state index contributed by atoms with van der Waals surface area (Å²) in [6.07, 6.45) is 0. The minimum atomic E-state index is -0.0289. The fraction of sp³-hybridized carbons (Fsp3) is 0.667. The molecule has 94 valence electrons. The van der Waals surface area contributed by atoms with E-state index in [1.165, 1.54) is 0 Å². The van der Waals surface area contributed by atoms with Crippen molar-refractivity contribution in [1.29, 1.82) is 0 Å². The lowest BCUT2D eigenvalue weighted by molar-refractivity contribution is 0.0933. The van der Waals surface area contributed by atoms with Crippen LogP contribution in [0.1, 0.15) is 35.9 Å². The highest BCUT2D eigenvalue weighted by molar-refractivity contribution is 5.92. The summed E-state index contributed by atoms with van der Waals surface area (Å²) in [5, 5.41) is 10.5. The van der Waals surface area contributed by atoms with Gasteiger partial charge < -0.3 is 10.6 Å². The van der Waals surface area contributed by atoms with Gasteiger partial charge in [-0.3, -0.25) is 9.48 Å². The Bertz CT molecular complexity index is 407. The molecule has 0 radical (unpaired) electrons. The molecule has 1 aliphatic rings. The SMILES string of the molecule is CC(C)c1cc(C(=O)NCC2CNC2)n(C)n1. The van der Waals surface area contributed by atoms with E-state index in [0.29, 0.717) is 17.5 Å². The molecule has 5 heteroatoms. The van der Waals surface area contributed by atoms with Gasteiger partial charge in [0.05, 0.1) is 5.69 Å². The van der Waals surface area contributed by atoms with Gasteiger partial charge in [0.2, 0.25) is 0 Å². The summed E-state index contributed by atoms with van der Waals surface area (Å²) >= 11 is 0. The van der Waals surface area contributed by atoms with Gasteiger partial charge in [-0.2, -0.15) is 5.10 Å². The monoisotopic (exact) mass is 236 g/mol. The van der Waals surface area contributed by atoms with Crippen LogP contribution in [0.4, 0.5) is 0 Å². The number of nitrogens with zero attached hydrogens (tertiary/aromatic N) is 2. The Morgan fingerprint density at radius 1 is 1.65 bits per heavy atom. The molecule has 1 fully saturated rings. The average molecular weight is 236 g/mol. The van der Waals surface area contributed by atoms with Crippen LogP contribution in [0.3, 0.4) is 0 Å². The fourth-order valence-corrected chi connectivity index (χ4v) is 1.80. The zero-order chi connectivity index (χ0) is 12.4. The predicted octanol–water partition coefficient (Wildman–Crippen LogP) is 0.493. The van der Waals surface area contributed by atoms with Crippen LogP contribution in [-0.4, -0.2) is 35.3 Å². The van der Waals surface area contributed by atoms with Gasteiger partial charge in [0.25, 0.3) is 5.91 Å². The number of aryl methyl sites for hydroxylation is 1. The molecule has 0 aromatic carbocycles. The topological polar surface area (TPSA) is 59.0 Å². The maximum atomic E-state index is 12.0. The van der Waals surface area contributed by atoms with E-state index in [-0.39, 0.29) is 5.91 Å². The van der Waals surface area contributed by atoms with Gasteiger partial charge in [0.1, 0.15) is 5.69 Å². The molecule has 0 aliphatic carbocycles. The summed E-state index contributed by atoms with van der Waals surface area (Å²) in [5.74, 6) is 0.897. The van der Waals surface area contributed by atoms with E-state index >= 15 is 0 Å². The Hall–Kier alpha value is -1.36. The predicted molar refractivity (Wildman–Crippen MR) is 66.0 cm³/mol. The van der Waals surface area contributed by atoms with Gasteiger partial charge in [0.15, 0.2) is 0 Å². The molecule has 0 spiro atoms. The highest BCUT2D eigenvalue weighted by Gasteiger charge is 2.19. The fourth-order valence-electron chi connectivity index (χ4n) is 1.80.